The SMILES string of the molecule is [C-]#[N+]C(C(=O)Nc1ccccc1)=C1Sc2c(OCC(CC)CCCC)c3c(c(OCC(CC)CCCC)c2S1)SC(=C(C#N)C(=O)Nc1ccccc1)S3. The highest BCUT2D eigenvalue weighted by Crippen LogP contribution is 2.68. The number of unbranched alkanes of at least 4 members (excludes halogenated alkanes) is 2. The van der Waals surface area contributed by atoms with Crippen molar-refractivity contribution < 1.29 is 19.1 Å². The molecule has 2 atom stereocenters. The van der Waals surface area contributed by atoms with Crippen LogP contribution in [0, 0.1) is 29.7 Å². The molecule has 3 aromatic carbocycles. The zero-order valence-corrected chi connectivity index (χ0v) is 34.4. The number of para-hydroxylation sites is 2. The predicted molar refractivity (Wildman–Crippen MR) is 224 cm³/mol. The molecule has 8 nitrogen and oxygen atoms in total. The van der Waals surface area contributed by atoms with Crippen LogP contribution < -0.4 is 20.1 Å². The van der Waals surface area contributed by atoms with Gasteiger partial charge in [0.2, 0.25) is 0 Å². The van der Waals surface area contributed by atoms with Crippen molar-refractivity contribution in [3.63, 3.8) is 0 Å². The lowest BCUT2D eigenvalue weighted by atomic mass is 10.0. The number of hydrogen-bond acceptors (Lipinski definition) is 9. The standard InChI is InChI=1S/C42H46N4O4S4/c1-6-10-18-27(8-3)25-49-33-35-36(52-41(51-35)31(24-43)39(47)45-29-20-14-12-15-21-29)34(50-26-28(9-4)19-11-7-2)38-37(33)53-42(54-38)32(44-5)40(48)46-30-22-16-13-17-23-30/h12-17,20-23,27-28H,6-11,18-19,25-26H2,1-4H3,(H,45,47)(H,46,48). The van der Waals surface area contributed by atoms with Gasteiger partial charge in [-0.15, -0.1) is 0 Å². The van der Waals surface area contributed by atoms with E-state index in [1.165, 1.54) is 47.0 Å². The summed E-state index contributed by atoms with van der Waals surface area (Å²) in [4.78, 5) is 34.0. The molecule has 2 aliphatic rings. The number of fused-ring (bicyclic) bond motifs is 2. The lowest BCUT2D eigenvalue weighted by molar-refractivity contribution is -0.113. The molecule has 0 aromatic heterocycles. The third kappa shape index (κ3) is 10.2. The number of amides is 2. The van der Waals surface area contributed by atoms with Gasteiger partial charge in [-0.05, 0) is 48.9 Å². The highest BCUT2D eigenvalue weighted by atomic mass is 32.2. The van der Waals surface area contributed by atoms with E-state index >= 15 is 0 Å². The van der Waals surface area contributed by atoms with Gasteiger partial charge in [0.1, 0.15) is 23.1 Å². The summed E-state index contributed by atoms with van der Waals surface area (Å²) in [5, 5.41) is 16.1. The van der Waals surface area contributed by atoms with Crippen LogP contribution in [0.3, 0.4) is 0 Å². The second-order valence-corrected chi connectivity index (χ2v) is 17.6. The first kappa shape index (κ1) is 41.2. The zero-order valence-electron chi connectivity index (χ0n) is 31.2. The van der Waals surface area contributed by atoms with Crippen LogP contribution in [0.4, 0.5) is 11.4 Å². The normalized spacial score (nSPS) is 13.9. The molecule has 2 heterocycles. The quantitative estimate of drug-likeness (QED) is 0.0739. The smallest absolute Gasteiger partial charge is 0.270 e. The van der Waals surface area contributed by atoms with Gasteiger partial charge < -0.3 is 20.1 Å². The summed E-state index contributed by atoms with van der Waals surface area (Å²) in [6.45, 7) is 17.8. The Hall–Kier alpha value is -3.94. The Morgan fingerprint density at radius 2 is 1.13 bits per heavy atom. The number of nitriles is 1. The fourth-order valence-electron chi connectivity index (χ4n) is 5.87. The van der Waals surface area contributed by atoms with E-state index in [0.29, 0.717) is 56.4 Å². The Labute approximate surface area is 336 Å². The van der Waals surface area contributed by atoms with Crippen LogP contribution in [0.15, 0.2) is 100.0 Å². The van der Waals surface area contributed by atoms with Crippen LogP contribution in [0.1, 0.15) is 79.1 Å². The maximum atomic E-state index is 13.6. The van der Waals surface area contributed by atoms with Crippen molar-refractivity contribution in [1.29, 1.82) is 5.26 Å². The molecule has 0 radical (unpaired) electrons. The number of hydrogen-bond donors (Lipinski definition) is 2. The summed E-state index contributed by atoms with van der Waals surface area (Å²) >= 11 is 5.39. The molecule has 0 saturated carbocycles. The summed E-state index contributed by atoms with van der Waals surface area (Å²) in [6.07, 6.45) is 8.38. The van der Waals surface area contributed by atoms with Gasteiger partial charge in [-0.3, -0.25) is 9.59 Å². The van der Waals surface area contributed by atoms with Gasteiger partial charge in [0.15, 0.2) is 0 Å². The van der Waals surface area contributed by atoms with Crippen molar-refractivity contribution in [2.24, 2.45) is 11.8 Å². The number of benzene rings is 3. The molecule has 2 N–H and O–H groups in total. The van der Waals surface area contributed by atoms with E-state index in [9.17, 15) is 14.9 Å². The second-order valence-electron chi connectivity index (χ2n) is 13.0. The highest BCUT2D eigenvalue weighted by Gasteiger charge is 2.40. The first-order valence-corrected chi connectivity index (χ1v) is 21.8. The van der Waals surface area contributed by atoms with E-state index < -0.39 is 11.8 Å². The first-order valence-electron chi connectivity index (χ1n) is 18.5. The average molecular weight is 799 g/mol. The van der Waals surface area contributed by atoms with Crippen molar-refractivity contribution in [3.05, 3.63) is 91.8 Å². The molecule has 0 fully saturated rings. The Bertz CT molecular complexity index is 1770. The number of carbonyl (C=O) groups excluding carboxylic acids is 2. The van der Waals surface area contributed by atoms with Crippen molar-refractivity contribution in [3.8, 4) is 17.6 Å². The fourth-order valence-corrected chi connectivity index (χ4v) is 11.3. The molecule has 12 heteroatoms. The van der Waals surface area contributed by atoms with Crippen molar-refractivity contribution >= 4 is 70.2 Å². The average Bonchev–Trinajstić information content (AvgIpc) is 3.82. The third-order valence-corrected chi connectivity index (χ3v) is 14.3. The number of nitrogens with zero attached hydrogens (tertiary/aromatic N) is 2. The number of nitrogens with one attached hydrogen (secondary N) is 2. The molecule has 0 saturated heterocycles. The van der Waals surface area contributed by atoms with Gasteiger partial charge in [0.05, 0.1) is 47.8 Å². The Morgan fingerprint density at radius 3 is 1.52 bits per heavy atom. The van der Waals surface area contributed by atoms with Crippen LogP contribution in [0.5, 0.6) is 11.5 Å². The Balaban J connectivity index is 1.61. The van der Waals surface area contributed by atoms with Gasteiger partial charge in [0, 0.05) is 11.4 Å². The maximum Gasteiger partial charge on any atom is 0.270 e. The summed E-state index contributed by atoms with van der Waals surface area (Å²) in [6, 6.07) is 20.4. The van der Waals surface area contributed by atoms with Crippen LogP contribution in [0.25, 0.3) is 4.85 Å². The molecule has 0 spiro atoms. The largest absolute Gasteiger partial charge is 0.491 e. The number of rotatable bonds is 18. The molecule has 2 amide bonds. The highest BCUT2D eigenvalue weighted by molar-refractivity contribution is 8.26. The van der Waals surface area contributed by atoms with Gasteiger partial charge in [-0.25, -0.2) is 4.85 Å². The molecule has 54 heavy (non-hydrogen) atoms. The van der Waals surface area contributed by atoms with E-state index in [1.807, 2.05) is 36.4 Å². The summed E-state index contributed by atoms with van der Waals surface area (Å²) < 4.78 is 14.7. The minimum Gasteiger partial charge on any atom is -0.491 e. The Morgan fingerprint density at radius 1 is 0.704 bits per heavy atom. The molecular weight excluding hydrogens is 753 g/mol. The molecule has 0 aliphatic carbocycles. The monoisotopic (exact) mass is 798 g/mol. The van der Waals surface area contributed by atoms with Crippen LogP contribution in [-0.2, 0) is 9.59 Å². The van der Waals surface area contributed by atoms with E-state index in [4.69, 9.17) is 16.0 Å². The number of ether oxygens (including phenoxy) is 2. The van der Waals surface area contributed by atoms with Crippen LogP contribution >= 0.6 is 47.0 Å². The molecule has 2 unspecified atom stereocenters. The zero-order chi connectivity index (χ0) is 38.5. The topological polar surface area (TPSA) is 105 Å². The van der Waals surface area contributed by atoms with Gasteiger partial charge >= 0.3 is 0 Å². The minimum absolute atomic E-state index is 0.00360. The molecule has 0 bridgehead atoms. The van der Waals surface area contributed by atoms with E-state index in [1.54, 1.807) is 24.3 Å². The maximum absolute atomic E-state index is 13.6. The fraction of sp³-hybridized carbons (Fsp3) is 0.381. The minimum atomic E-state index is -0.486. The molecule has 3 aromatic rings. The van der Waals surface area contributed by atoms with E-state index in [0.717, 1.165) is 70.9 Å². The number of anilines is 2. The van der Waals surface area contributed by atoms with E-state index in [2.05, 4.69) is 49.2 Å². The van der Waals surface area contributed by atoms with Gasteiger partial charge in [-0.1, -0.05) is 150 Å². The second kappa shape index (κ2) is 20.7. The predicted octanol–water partition coefficient (Wildman–Crippen LogP) is 12.4. The molecule has 282 valence electrons. The number of thioether (sulfide) groups is 4. The lowest BCUT2D eigenvalue weighted by Gasteiger charge is -2.22. The summed E-state index contributed by atoms with van der Waals surface area (Å²) in [7, 11) is 0. The van der Waals surface area contributed by atoms with Crippen LogP contribution in [-0.4, -0.2) is 25.0 Å². The summed E-state index contributed by atoms with van der Waals surface area (Å²) in [5.41, 5.74) is 1.22. The molecule has 5 rings (SSSR count). The van der Waals surface area contributed by atoms with Crippen LogP contribution in [0.2, 0.25) is 0 Å². The van der Waals surface area contributed by atoms with Crippen molar-refractivity contribution in [2.45, 2.75) is 98.6 Å². The van der Waals surface area contributed by atoms with Crippen molar-refractivity contribution in [1.82, 2.24) is 0 Å². The number of carbonyl (C=O) groups is 2. The van der Waals surface area contributed by atoms with Gasteiger partial charge in [-0.2, -0.15) is 5.26 Å². The van der Waals surface area contributed by atoms with Gasteiger partial charge in [0.25, 0.3) is 17.5 Å². The van der Waals surface area contributed by atoms with Crippen molar-refractivity contribution in [2.75, 3.05) is 23.8 Å². The third-order valence-electron chi connectivity index (χ3n) is 9.16. The molecule has 2 aliphatic heterocycles. The lowest BCUT2D eigenvalue weighted by Crippen LogP contribution is -2.14. The molecular formula is C42H46N4O4S4. The Kier molecular flexibility index (Phi) is 15.8. The summed E-state index contributed by atoms with van der Waals surface area (Å²) in [5.74, 6) is 0.967. The van der Waals surface area contributed by atoms with E-state index in [-0.39, 0.29) is 11.3 Å². The first-order chi connectivity index (χ1) is 26.3.